The minimum absolute atomic E-state index is 0.267. The summed E-state index contributed by atoms with van der Waals surface area (Å²) in [7, 11) is 1.90. The topological polar surface area (TPSA) is 46.9 Å². The van der Waals surface area contributed by atoms with E-state index in [1.807, 2.05) is 17.8 Å². The second-order valence-corrected chi connectivity index (χ2v) is 4.68. The fraction of sp³-hybridized carbons (Fsp3) is 0.692. The van der Waals surface area contributed by atoms with Crippen molar-refractivity contribution in [1.29, 1.82) is 0 Å². The number of carbonyl (C=O) groups is 1. The van der Waals surface area contributed by atoms with Crippen LogP contribution < -0.4 is 5.32 Å². The molecule has 1 rings (SSSR count). The predicted molar refractivity (Wildman–Crippen MR) is 69.1 cm³/mol. The van der Waals surface area contributed by atoms with Crippen molar-refractivity contribution < 1.29 is 4.79 Å². The largest absolute Gasteiger partial charge is 0.314 e. The quantitative estimate of drug-likeness (QED) is 0.781. The fourth-order valence-electron chi connectivity index (χ4n) is 1.70. The van der Waals surface area contributed by atoms with Crippen LogP contribution >= 0.6 is 0 Å². The van der Waals surface area contributed by atoms with E-state index in [1.165, 1.54) is 0 Å². The predicted octanol–water partition coefficient (Wildman–Crippen LogP) is 1.48. The van der Waals surface area contributed by atoms with Crippen molar-refractivity contribution in [2.45, 2.75) is 46.1 Å². The lowest BCUT2D eigenvalue weighted by atomic mass is 10.1. The molecule has 0 atom stereocenters. The molecule has 0 bridgehead atoms. The summed E-state index contributed by atoms with van der Waals surface area (Å²) in [6.45, 7) is 6.99. The van der Waals surface area contributed by atoms with Crippen molar-refractivity contribution in [3.05, 3.63) is 17.5 Å². The van der Waals surface area contributed by atoms with Gasteiger partial charge in [-0.15, -0.1) is 0 Å². The third-order valence-corrected chi connectivity index (χ3v) is 2.72. The van der Waals surface area contributed by atoms with Gasteiger partial charge in [0, 0.05) is 38.2 Å². The van der Waals surface area contributed by atoms with Crippen LogP contribution in [0.5, 0.6) is 0 Å². The number of rotatable bonds is 7. The highest BCUT2D eigenvalue weighted by atomic mass is 16.1. The Hall–Kier alpha value is -1.16. The lowest BCUT2D eigenvalue weighted by molar-refractivity contribution is -0.118. The van der Waals surface area contributed by atoms with Gasteiger partial charge in [0.05, 0.1) is 5.69 Å². The van der Waals surface area contributed by atoms with Crippen molar-refractivity contribution in [1.82, 2.24) is 15.1 Å². The monoisotopic (exact) mass is 237 g/mol. The van der Waals surface area contributed by atoms with E-state index in [9.17, 15) is 4.79 Å². The van der Waals surface area contributed by atoms with Crippen LogP contribution in [0.3, 0.4) is 0 Å². The summed E-state index contributed by atoms with van der Waals surface area (Å²) >= 11 is 0. The number of hydrogen-bond acceptors (Lipinski definition) is 3. The zero-order valence-corrected chi connectivity index (χ0v) is 11.3. The van der Waals surface area contributed by atoms with Crippen LogP contribution in [0.4, 0.5) is 0 Å². The molecular formula is C13H23N3O. The molecule has 96 valence electrons. The van der Waals surface area contributed by atoms with Crippen LogP contribution in [-0.2, 0) is 24.7 Å². The van der Waals surface area contributed by atoms with E-state index in [0.717, 1.165) is 24.4 Å². The molecule has 0 radical (unpaired) electrons. The Morgan fingerprint density at radius 1 is 1.53 bits per heavy atom. The maximum absolute atomic E-state index is 11.8. The Kier molecular flexibility index (Phi) is 5.35. The molecule has 0 spiro atoms. The van der Waals surface area contributed by atoms with Gasteiger partial charge in [0.25, 0.3) is 0 Å². The van der Waals surface area contributed by atoms with Gasteiger partial charge in [-0.05, 0) is 12.5 Å². The van der Waals surface area contributed by atoms with Crippen molar-refractivity contribution >= 4 is 5.78 Å². The van der Waals surface area contributed by atoms with Gasteiger partial charge in [-0.2, -0.15) is 5.10 Å². The smallest absolute Gasteiger partial charge is 0.140 e. The Morgan fingerprint density at radius 3 is 2.76 bits per heavy atom. The standard InChI is InChI=1S/C13H23N3O/c1-5-11-8-12(16(4)15-11)9-13(17)6-7-14-10(2)3/h8,10,14H,5-7,9H2,1-4H3. The lowest BCUT2D eigenvalue weighted by Crippen LogP contribution is -2.25. The third-order valence-electron chi connectivity index (χ3n) is 2.72. The molecule has 0 unspecified atom stereocenters. The molecule has 0 saturated heterocycles. The first-order chi connectivity index (χ1) is 8.02. The van der Waals surface area contributed by atoms with Crippen LogP contribution in [0.2, 0.25) is 0 Å². The second kappa shape index (κ2) is 6.55. The van der Waals surface area contributed by atoms with Crippen molar-refractivity contribution in [3.8, 4) is 0 Å². The molecule has 4 nitrogen and oxygen atoms in total. The summed E-state index contributed by atoms with van der Waals surface area (Å²) in [5.74, 6) is 0.267. The van der Waals surface area contributed by atoms with Gasteiger partial charge in [0.15, 0.2) is 0 Å². The van der Waals surface area contributed by atoms with Crippen molar-refractivity contribution in [2.24, 2.45) is 7.05 Å². The van der Waals surface area contributed by atoms with Crippen LogP contribution in [0, 0.1) is 0 Å². The van der Waals surface area contributed by atoms with E-state index in [1.54, 1.807) is 0 Å². The molecule has 1 aromatic rings. The molecule has 1 heterocycles. The first kappa shape index (κ1) is 13.9. The van der Waals surface area contributed by atoms with Gasteiger partial charge in [-0.25, -0.2) is 0 Å². The number of nitrogens with zero attached hydrogens (tertiary/aromatic N) is 2. The summed E-state index contributed by atoms with van der Waals surface area (Å²) in [6.07, 6.45) is 1.99. The number of aryl methyl sites for hydroxylation is 2. The lowest BCUT2D eigenvalue weighted by Gasteiger charge is -2.07. The number of nitrogens with one attached hydrogen (secondary N) is 1. The number of hydrogen-bond donors (Lipinski definition) is 1. The van der Waals surface area contributed by atoms with Crippen molar-refractivity contribution in [2.75, 3.05) is 6.54 Å². The molecule has 1 aromatic heterocycles. The van der Waals surface area contributed by atoms with Gasteiger partial charge in [0.2, 0.25) is 0 Å². The molecule has 0 aliphatic rings. The van der Waals surface area contributed by atoms with Crippen LogP contribution in [0.25, 0.3) is 0 Å². The molecular weight excluding hydrogens is 214 g/mol. The highest BCUT2D eigenvalue weighted by Gasteiger charge is 2.09. The molecule has 0 aliphatic carbocycles. The molecule has 4 heteroatoms. The van der Waals surface area contributed by atoms with Crippen LogP contribution in [0.15, 0.2) is 6.07 Å². The average molecular weight is 237 g/mol. The molecule has 0 fully saturated rings. The number of aromatic nitrogens is 2. The summed E-state index contributed by atoms with van der Waals surface area (Å²) in [5.41, 5.74) is 2.06. The highest BCUT2D eigenvalue weighted by molar-refractivity contribution is 5.80. The fourth-order valence-corrected chi connectivity index (χ4v) is 1.70. The normalized spacial score (nSPS) is 11.1. The molecule has 0 amide bonds. The minimum atomic E-state index is 0.267. The summed E-state index contributed by atoms with van der Waals surface area (Å²) < 4.78 is 1.81. The maximum atomic E-state index is 11.8. The molecule has 1 N–H and O–H groups in total. The highest BCUT2D eigenvalue weighted by Crippen LogP contribution is 2.06. The number of ketones is 1. The molecule has 0 aromatic carbocycles. The van der Waals surface area contributed by atoms with Gasteiger partial charge in [-0.1, -0.05) is 20.8 Å². The van der Waals surface area contributed by atoms with E-state index >= 15 is 0 Å². The van der Waals surface area contributed by atoms with Gasteiger partial charge in [-0.3, -0.25) is 9.48 Å². The minimum Gasteiger partial charge on any atom is -0.314 e. The number of carbonyl (C=O) groups excluding carboxylic acids is 1. The molecule has 17 heavy (non-hydrogen) atoms. The summed E-state index contributed by atoms with van der Waals surface area (Å²) in [6, 6.07) is 2.46. The van der Waals surface area contributed by atoms with E-state index in [0.29, 0.717) is 18.9 Å². The Balaban J connectivity index is 2.42. The van der Waals surface area contributed by atoms with Gasteiger partial charge >= 0.3 is 0 Å². The summed E-state index contributed by atoms with van der Waals surface area (Å²) in [5, 5.41) is 7.59. The SMILES string of the molecule is CCc1cc(CC(=O)CCNC(C)C)n(C)n1. The zero-order valence-electron chi connectivity index (χ0n) is 11.3. The first-order valence-electron chi connectivity index (χ1n) is 6.29. The zero-order chi connectivity index (χ0) is 12.8. The van der Waals surface area contributed by atoms with E-state index < -0.39 is 0 Å². The second-order valence-electron chi connectivity index (χ2n) is 4.68. The van der Waals surface area contributed by atoms with E-state index in [-0.39, 0.29) is 5.78 Å². The number of Topliss-reactive ketones (excluding diaryl/α,β-unsaturated/α-hetero) is 1. The third kappa shape index (κ3) is 4.69. The summed E-state index contributed by atoms with van der Waals surface area (Å²) in [4.78, 5) is 11.8. The molecule has 0 saturated carbocycles. The Labute approximate surface area is 103 Å². The molecule has 0 aliphatic heterocycles. The Bertz CT molecular complexity index is 369. The van der Waals surface area contributed by atoms with E-state index in [2.05, 4.69) is 31.2 Å². The van der Waals surface area contributed by atoms with Gasteiger partial charge < -0.3 is 5.32 Å². The first-order valence-corrected chi connectivity index (χ1v) is 6.29. The Morgan fingerprint density at radius 2 is 2.24 bits per heavy atom. The maximum Gasteiger partial charge on any atom is 0.140 e. The van der Waals surface area contributed by atoms with Crippen molar-refractivity contribution in [3.63, 3.8) is 0 Å². The van der Waals surface area contributed by atoms with E-state index in [4.69, 9.17) is 0 Å². The average Bonchev–Trinajstić information content (AvgIpc) is 2.59. The van der Waals surface area contributed by atoms with Gasteiger partial charge in [0.1, 0.15) is 5.78 Å². The van der Waals surface area contributed by atoms with Crippen LogP contribution in [-0.4, -0.2) is 28.2 Å². The van der Waals surface area contributed by atoms with Crippen LogP contribution in [0.1, 0.15) is 38.6 Å².